The summed E-state index contributed by atoms with van der Waals surface area (Å²) in [7, 11) is 0. The van der Waals surface area contributed by atoms with Crippen molar-refractivity contribution < 1.29 is 4.92 Å². The molecule has 5 rings (SSSR count). The maximum atomic E-state index is 11.6. The lowest BCUT2D eigenvalue weighted by atomic mass is 10.2. The van der Waals surface area contributed by atoms with Crippen LogP contribution in [0.4, 0.5) is 11.6 Å². The van der Waals surface area contributed by atoms with E-state index in [0.29, 0.717) is 10.8 Å². The number of nitrogens with zero attached hydrogens (tertiary/aromatic N) is 5. The summed E-state index contributed by atoms with van der Waals surface area (Å²) >= 11 is 3.07. The summed E-state index contributed by atoms with van der Waals surface area (Å²) in [5.41, 5.74) is 0.981. The minimum absolute atomic E-state index is 0.0423. The average molecular weight is 371 g/mol. The Morgan fingerprint density at radius 3 is 3.00 bits per heavy atom. The van der Waals surface area contributed by atoms with Crippen LogP contribution in [0, 0.1) is 10.1 Å². The maximum absolute atomic E-state index is 11.6. The second-order valence-corrected chi connectivity index (χ2v) is 7.88. The van der Waals surface area contributed by atoms with Gasteiger partial charge in [-0.25, -0.2) is 4.98 Å². The zero-order valence-corrected chi connectivity index (χ0v) is 14.7. The first-order valence-electron chi connectivity index (χ1n) is 7.94. The van der Waals surface area contributed by atoms with Gasteiger partial charge in [-0.05, 0) is 29.9 Å². The first kappa shape index (κ1) is 14.8. The lowest BCUT2D eigenvalue weighted by Crippen LogP contribution is -2.23. The van der Waals surface area contributed by atoms with Gasteiger partial charge in [-0.15, -0.1) is 11.3 Å². The molecule has 1 fully saturated rings. The number of benzene rings is 1. The van der Waals surface area contributed by atoms with Crippen molar-refractivity contribution in [3.8, 4) is 0 Å². The summed E-state index contributed by atoms with van der Waals surface area (Å²) in [4.78, 5) is 23.3. The first-order valence-corrected chi connectivity index (χ1v) is 9.64. The summed E-state index contributed by atoms with van der Waals surface area (Å²) in [5, 5.41) is 14.5. The Balaban J connectivity index is 1.62. The molecule has 0 bridgehead atoms. The predicted octanol–water partition coefficient (Wildman–Crippen LogP) is 4.26. The fourth-order valence-electron chi connectivity index (χ4n) is 3.43. The van der Waals surface area contributed by atoms with Gasteiger partial charge in [-0.3, -0.25) is 0 Å². The quantitative estimate of drug-likeness (QED) is 0.397. The Morgan fingerprint density at radius 2 is 2.16 bits per heavy atom. The van der Waals surface area contributed by atoms with E-state index in [4.69, 9.17) is 4.98 Å². The second kappa shape index (κ2) is 5.50. The predicted molar refractivity (Wildman–Crippen MR) is 98.7 cm³/mol. The molecule has 4 aromatic rings. The highest BCUT2D eigenvalue weighted by Gasteiger charge is 2.36. The molecule has 9 heteroatoms. The van der Waals surface area contributed by atoms with E-state index in [9.17, 15) is 10.1 Å². The Hall–Kier alpha value is -2.52. The van der Waals surface area contributed by atoms with Crippen molar-refractivity contribution in [1.29, 1.82) is 0 Å². The van der Waals surface area contributed by atoms with E-state index in [2.05, 4.69) is 16.0 Å². The summed E-state index contributed by atoms with van der Waals surface area (Å²) in [5.74, 6) is 0.503. The zero-order chi connectivity index (χ0) is 17.0. The van der Waals surface area contributed by atoms with Crippen LogP contribution < -0.4 is 4.90 Å². The van der Waals surface area contributed by atoms with Crippen molar-refractivity contribution in [3.05, 3.63) is 51.0 Å². The van der Waals surface area contributed by atoms with Crippen LogP contribution in [0.1, 0.15) is 23.9 Å². The van der Waals surface area contributed by atoms with Crippen molar-refractivity contribution in [3.63, 3.8) is 0 Å². The molecule has 1 aliphatic rings. The van der Waals surface area contributed by atoms with Crippen molar-refractivity contribution in [2.75, 3.05) is 11.4 Å². The number of hydrogen-bond donors (Lipinski definition) is 0. The van der Waals surface area contributed by atoms with Gasteiger partial charge in [0.2, 0.25) is 5.82 Å². The van der Waals surface area contributed by atoms with Gasteiger partial charge in [-0.1, -0.05) is 23.5 Å². The van der Waals surface area contributed by atoms with Crippen LogP contribution in [0.2, 0.25) is 0 Å². The van der Waals surface area contributed by atoms with Gasteiger partial charge in [0.25, 0.3) is 4.96 Å². The maximum Gasteiger partial charge on any atom is 0.373 e. The Labute approximate surface area is 150 Å². The number of anilines is 1. The van der Waals surface area contributed by atoms with E-state index >= 15 is 0 Å². The topological polar surface area (TPSA) is 76.6 Å². The molecule has 1 aliphatic heterocycles. The van der Waals surface area contributed by atoms with Gasteiger partial charge in [0.1, 0.15) is 11.2 Å². The molecule has 0 N–H and O–H groups in total. The molecule has 1 unspecified atom stereocenters. The molecule has 0 saturated carbocycles. The number of aromatic nitrogens is 3. The monoisotopic (exact) mass is 371 g/mol. The summed E-state index contributed by atoms with van der Waals surface area (Å²) < 4.78 is 2.71. The van der Waals surface area contributed by atoms with Crippen LogP contribution in [-0.4, -0.2) is 25.8 Å². The summed E-state index contributed by atoms with van der Waals surface area (Å²) in [6.07, 6.45) is 3.61. The molecule has 1 saturated heterocycles. The summed E-state index contributed by atoms with van der Waals surface area (Å²) in [6, 6.07) is 8.09. The van der Waals surface area contributed by atoms with Gasteiger partial charge in [-0.2, -0.15) is 9.38 Å². The number of imidazole rings is 1. The van der Waals surface area contributed by atoms with Gasteiger partial charge in [0, 0.05) is 11.9 Å². The zero-order valence-electron chi connectivity index (χ0n) is 13.0. The fraction of sp³-hybridized carbons (Fsp3) is 0.250. The molecule has 1 atom stereocenters. The molecule has 0 aliphatic carbocycles. The number of thiazole rings is 2. The van der Waals surface area contributed by atoms with Crippen LogP contribution in [0.15, 0.2) is 35.8 Å². The minimum Gasteiger partial charge on any atom is -0.358 e. The van der Waals surface area contributed by atoms with Crippen molar-refractivity contribution >= 4 is 49.5 Å². The molecule has 126 valence electrons. The van der Waals surface area contributed by atoms with Crippen LogP contribution in [0.5, 0.6) is 0 Å². The molecular formula is C16H13N5O2S2. The van der Waals surface area contributed by atoms with Gasteiger partial charge in [0.05, 0.1) is 16.3 Å². The number of nitro groups is 1. The molecule has 4 heterocycles. The Morgan fingerprint density at radius 1 is 1.28 bits per heavy atom. The molecule has 0 radical (unpaired) electrons. The number of fused-ring (bicyclic) bond motifs is 2. The third kappa shape index (κ3) is 2.23. The lowest BCUT2D eigenvalue weighted by Gasteiger charge is -2.22. The van der Waals surface area contributed by atoms with Crippen LogP contribution >= 0.6 is 22.7 Å². The molecule has 7 nitrogen and oxygen atoms in total. The van der Waals surface area contributed by atoms with Crippen molar-refractivity contribution in [2.45, 2.75) is 18.9 Å². The van der Waals surface area contributed by atoms with E-state index in [1.54, 1.807) is 21.9 Å². The van der Waals surface area contributed by atoms with Crippen LogP contribution in [0.3, 0.4) is 0 Å². The number of hydrogen-bond acceptors (Lipinski definition) is 7. The average Bonchev–Trinajstić information content (AvgIpc) is 3.34. The normalized spacial score (nSPS) is 17.8. The summed E-state index contributed by atoms with van der Waals surface area (Å²) in [6.45, 7) is 0.756. The highest BCUT2D eigenvalue weighted by molar-refractivity contribution is 7.18. The third-order valence-corrected chi connectivity index (χ3v) is 6.41. The first-order chi connectivity index (χ1) is 12.2. The van der Waals surface area contributed by atoms with Crippen molar-refractivity contribution in [1.82, 2.24) is 14.4 Å². The third-order valence-electron chi connectivity index (χ3n) is 4.51. The minimum atomic E-state index is -0.338. The molecule has 0 spiro atoms. The lowest BCUT2D eigenvalue weighted by molar-refractivity contribution is -0.389. The van der Waals surface area contributed by atoms with Gasteiger partial charge < -0.3 is 15.0 Å². The molecule has 3 aromatic heterocycles. The van der Waals surface area contributed by atoms with E-state index in [1.807, 2.05) is 23.6 Å². The number of rotatable bonds is 3. The molecule has 25 heavy (non-hydrogen) atoms. The van der Waals surface area contributed by atoms with Crippen LogP contribution in [-0.2, 0) is 0 Å². The number of para-hydroxylation sites is 1. The largest absolute Gasteiger partial charge is 0.373 e. The van der Waals surface area contributed by atoms with Crippen LogP contribution in [0.25, 0.3) is 15.2 Å². The molecule has 0 amide bonds. The highest BCUT2D eigenvalue weighted by Crippen LogP contribution is 2.42. The second-order valence-electron chi connectivity index (χ2n) is 5.94. The van der Waals surface area contributed by atoms with E-state index in [0.717, 1.165) is 34.6 Å². The van der Waals surface area contributed by atoms with Gasteiger partial charge in [0.15, 0.2) is 0 Å². The Kier molecular flexibility index (Phi) is 3.25. The molecular weight excluding hydrogens is 358 g/mol. The fourth-order valence-corrected chi connectivity index (χ4v) is 5.25. The highest BCUT2D eigenvalue weighted by atomic mass is 32.1. The van der Waals surface area contributed by atoms with Gasteiger partial charge >= 0.3 is 5.82 Å². The molecule has 1 aromatic carbocycles. The Bertz CT molecular complexity index is 1070. The van der Waals surface area contributed by atoms with E-state index in [1.165, 1.54) is 11.3 Å². The van der Waals surface area contributed by atoms with E-state index in [-0.39, 0.29) is 16.8 Å². The standard InChI is InChI=1S/C16H13N5O2S2/c22-21(23)15-13(18-16-20(15)8-9-24-16)19-7-3-5-11(19)14-17-10-4-1-2-6-12(10)25-14/h1-2,4,6,8-9,11H,3,5,7H2. The van der Waals surface area contributed by atoms with Crippen molar-refractivity contribution in [2.24, 2.45) is 0 Å². The SMILES string of the molecule is O=[N+]([O-])c1c(N2CCCC2c2nc3ccccc3s2)nc2sccn12. The smallest absolute Gasteiger partial charge is 0.358 e. The van der Waals surface area contributed by atoms with E-state index < -0.39 is 0 Å².